The molecular formula is C12H26N2O2. The van der Waals surface area contributed by atoms with Crippen LogP contribution in [0.15, 0.2) is 0 Å². The first-order valence-electron chi connectivity index (χ1n) is 5.66. The van der Waals surface area contributed by atoms with Crippen LogP contribution in [0.3, 0.4) is 0 Å². The van der Waals surface area contributed by atoms with E-state index in [1.807, 2.05) is 14.1 Å². The van der Waals surface area contributed by atoms with E-state index in [-0.39, 0.29) is 5.41 Å². The minimum Gasteiger partial charge on any atom is -0.481 e. The molecule has 0 radical (unpaired) electrons. The van der Waals surface area contributed by atoms with E-state index in [1.54, 1.807) is 13.8 Å². The molecule has 0 aliphatic carbocycles. The van der Waals surface area contributed by atoms with Gasteiger partial charge in [0.1, 0.15) is 0 Å². The summed E-state index contributed by atoms with van der Waals surface area (Å²) in [6.07, 6.45) is 0. The average molecular weight is 230 g/mol. The fourth-order valence-electron chi connectivity index (χ4n) is 1.70. The van der Waals surface area contributed by atoms with Gasteiger partial charge in [-0.3, -0.25) is 4.79 Å². The molecule has 0 atom stereocenters. The Bertz CT molecular complexity index is 235. The maximum absolute atomic E-state index is 10.9. The van der Waals surface area contributed by atoms with Gasteiger partial charge in [-0.15, -0.1) is 0 Å². The molecule has 0 amide bonds. The number of carboxylic acids is 1. The standard InChI is InChI=1S/C12H26N2O2/c1-11(2,9-14(5)6)7-13-8-12(3,4)10(15)16/h13H,7-9H2,1-6H3,(H,15,16). The maximum Gasteiger partial charge on any atom is 0.310 e. The van der Waals surface area contributed by atoms with Gasteiger partial charge in [-0.25, -0.2) is 0 Å². The smallest absolute Gasteiger partial charge is 0.310 e. The van der Waals surface area contributed by atoms with Crippen LogP contribution in [0.5, 0.6) is 0 Å². The molecule has 0 saturated heterocycles. The summed E-state index contributed by atoms with van der Waals surface area (Å²) in [4.78, 5) is 13.0. The summed E-state index contributed by atoms with van der Waals surface area (Å²) in [5.74, 6) is -0.759. The van der Waals surface area contributed by atoms with Gasteiger partial charge in [0.25, 0.3) is 0 Å². The van der Waals surface area contributed by atoms with E-state index in [4.69, 9.17) is 5.11 Å². The van der Waals surface area contributed by atoms with Gasteiger partial charge in [-0.1, -0.05) is 13.8 Å². The molecule has 16 heavy (non-hydrogen) atoms. The Morgan fingerprint density at radius 3 is 2.06 bits per heavy atom. The highest BCUT2D eigenvalue weighted by Crippen LogP contribution is 2.17. The van der Waals surface area contributed by atoms with Gasteiger partial charge in [-0.05, 0) is 33.4 Å². The van der Waals surface area contributed by atoms with Crippen molar-refractivity contribution in [1.29, 1.82) is 0 Å². The second-order valence-electron chi connectivity index (χ2n) is 6.19. The highest BCUT2D eigenvalue weighted by molar-refractivity contribution is 5.73. The van der Waals surface area contributed by atoms with E-state index in [0.29, 0.717) is 6.54 Å². The number of carboxylic acid groups (broad SMARTS) is 1. The number of nitrogens with zero attached hydrogens (tertiary/aromatic N) is 1. The lowest BCUT2D eigenvalue weighted by atomic mass is 9.90. The molecule has 0 spiro atoms. The van der Waals surface area contributed by atoms with Crippen LogP contribution in [0.1, 0.15) is 27.7 Å². The lowest BCUT2D eigenvalue weighted by Crippen LogP contribution is -2.42. The first kappa shape index (κ1) is 15.4. The van der Waals surface area contributed by atoms with Crippen molar-refractivity contribution >= 4 is 5.97 Å². The van der Waals surface area contributed by atoms with Crippen molar-refractivity contribution < 1.29 is 9.90 Å². The summed E-state index contributed by atoms with van der Waals surface area (Å²) >= 11 is 0. The van der Waals surface area contributed by atoms with Gasteiger partial charge in [-0.2, -0.15) is 0 Å². The van der Waals surface area contributed by atoms with Crippen molar-refractivity contribution in [1.82, 2.24) is 10.2 Å². The Balaban J connectivity index is 4.02. The highest BCUT2D eigenvalue weighted by atomic mass is 16.4. The molecule has 0 aromatic rings. The van der Waals surface area contributed by atoms with Crippen LogP contribution in [-0.4, -0.2) is 49.7 Å². The minimum absolute atomic E-state index is 0.151. The van der Waals surface area contributed by atoms with E-state index in [9.17, 15) is 4.79 Å². The van der Waals surface area contributed by atoms with Gasteiger partial charge in [0.15, 0.2) is 0 Å². The Kier molecular flexibility index (Phi) is 5.42. The largest absolute Gasteiger partial charge is 0.481 e. The van der Waals surface area contributed by atoms with Crippen molar-refractivity contribution in [3.05, 3.63) is 0 Å². The van der Waals surface area contributed by atoms with Crippen LogP contribution in [0.4, 0.5) is 0 Å². The zero-order chi connectivity index (χ0) is 13.0. The molecule has 0 saturated carbocycles. The Hall–Kier alpha value is -0.610. The number of carbonyl (C=O) groups is 1. The summed E-state index contributed by atoms with van der Waals surface area (Å²) < 4.78 is 0. The second-order valence-corrected chi connectivity index (χ2v) is 6.19. The molecule has 4 nitrogen and oxygen atoms in total. The van der Waals surface area contributed by atoms with Crippen LogP contribution in [-0.2, 0) is 4.79 Å². The molecule has 2 N–H and O–H groups in total. The van der Waals surface area contributed by atoms with E-state index >= 15 is 0 Å². The van der Waals surface area contributed by atoms with Crippen molar-refractivity contribution in [3.8, 4) is 0 Å². The monoisotopic (exact) mass is 230 g/mol. The fourth-order valence-corrected chi connectivity index (χ4v) is 1.70. The normalized spacial score (nSPS) is 13.2. The third kappa shape index (κ3) is 6.08. The van der Waals surface area contributed by atoms with E-state index in [1.165, 1.54) is 0 Å². The van der Waals surface area contributed by atoms with Gasteiger partial charge >= 0.3 is 5.97 Å². The van der Waals surface area contributed by atoms with Crippen LogP contribution in [0.2, 0.25) is 0 Å². The van der Waals surface area contributed by atoms with Crippen molar-refractivity contribution in [2.75, 3.05) is 33.7 Å². The van der Waals surface area contributed by atoms with Crippen LogP contribution in [0, 0.1) is 10.8 Å². The van der Waals surface area contributed by atoms with Gasteiger partial charge in [0.2, 0.25) is 0 Å². The summed E-state index contributed by atoms with van der Waals surface area (Å²) in [5, 5.41) is 12.2. The molecule has 0 rings (SSSR count). The number of hydrogen-bond donors (Lipinski definition) is 2. The van der Waals surface area contributed by atoms with Crippen molar-refractivity contribution in [3.63, 3.8) is 0 Å². The van der Waals surface area contributed by atoms with E-state index in [2.05, 4.69) is 24.1 Å². The Morgan fingerprint density at radius 2 is 1.69 bits per heavy atom. The van der Waals surface area contributed by atoms with Crippen LogP contribution < -0.4 is 5.32 Å². The molecule has 96 valence electrons. The zero-order valence-corrected chi connectivity index (χ0v) is 11.4. The average Bonchev–Trinajstić information content (AvgIpc) is 1.99. The highest BCUT2D eigenvalue weighted by Gasteiger charge is 2.27. The molecule has 0 aromatic heterocycles. The quantitative estimate of drug-likeness (QED) is 0.691. The molecule has 0 aliphatic rings. The van der Waals surface area contributed by atoms with Gasteiger partial charge in [0.05, 0.1) is 5.41 Å². The summed E-state index contributed by atoms with van der Waals surface area (Å²) in [7, 11) is 4.09. The van der Waals surface area contributed by atoms with Crippen LogP contribution in [0.25, 0.3) is 0 Å². The van der Waals surface area contributed by atoms with Gasteiger partial charge < -0.3 is 15.3 Å². The molecule has 0 aromatic carbocycles. The fraction of sp³-hybridized carbons (Fsp3) is 0.917. The molecule has 0 aliphatic heterocycles. The molecule has 0 unspecified atom stereocenters. The first-order chi connectivity index (χ1) is 7.07. The molecule has 0 bridgehead atoms. The van der Waals surface area contributed by atoms with E-state index in [0.717, 1.165) is 13.1 Å². The maximum atomic E-state index is 10.9. The molecule has 0 fully saturated rings. The van der Waals surface area contributed by atoms with Gasteiger partial charge in [0, 0.05) is 19.6 Å². The molecule has 4 heteroatoms. The lowest BCUT2D eigenvalue weighted by molar-refractivity contribution is -0.146. The SMILES string of the molecule is CN(C)CC(C)(C)CNCC(C)(C)C(=O)O. The van der Waals surface area contributed by atoms with E-state index < -0.39 is 11.4 Å². The number of nitrogens with one attached hydrogen (secondary N) is 1. The molecule has 0 heterocycles. The predicted octanol–water partition coefficient (Wildman–Crippen LogP) is 1.27. The lowest BCUT2D eigenvalue weighted by Gasteiger charge is -2.30. The number of hydrogen-bond acceptors (Lipinski definition) is 3. The second kappa shape index (κ2) is 5.64. The number of aliphatic carboxylic acids is 1. The third-order valence-electron chi connectivity index (χ3n) is 2.49. The minimum atomic E-state index is -0.759. The third-order valence-corrected chi connectivity index (χ3v) is 2.49. The molecular weight excluding hydrogens is 204 g/mol. The number of rotatable bonds is 7. The predicted molar refractivity (Wildman–Crippen MR) is 66.6 cm³/mol. The zero-order valence-electron chi connectivity index (χ0n) is 11.4. The summed E-state index contributed by atoms with van der Waals surface area (Å²) in [6.45, 7) is 10.1. The topological polar surface area (TPSA) is 52.6 Å². The summed E-state index contributed by atoms with van der Waals surface area (Å²) in [6, 6.07) is 0. The first-order valence-corrected chi connectivity index (χ1v) is 5.66. The van der Waals surface area contributed by atoms with Crippen molar-refractivity contribution in [2.24, 2.45) is 10.8 Å². The Morgan fingerprint density at radius 1 is 1.19 bits per heavy atom. The van der Waals surface area contributed by atoms with Crippen LogP contribution >= 0.6 is 0 Å². The van der Waals surface area contributed by atoms with Crippen molar-refractivity contribution in [2.45, 2.75) is 27.7 Å². The summed E-state index contributed by atoms with van der Waals surface area (Å²) in [5.41, 5.74) is -0.549. The Labute approximate surface area is 99.0 Å².